The maximum absolute atomic E-state index is 14.1. The SMILES string of the molecule is COc1ccc2nc(NC(=O)C(CC3CCCC3)c3ccc(S(=O)(=O)N(Cc4ccccc4)C4CCCNC4)cc3)sc2n1. The van der Waals surface area contributed by atoms with Crippen molar-refractivity contribution in [1.82, 2.24) is 19.6 Å². The number of fused-ring (bicyclic) bond motifs is 1. The van der Waals surface area contributed by atoms with Gasteiger partial charge < -0.3 is 15.4 Å². The minimum absolute atomic E-state index is 0.127. The molecule has 0 radical (unpaired) electrons. The van der Waals surface area contributed by atoms with Crippen LogP contribution in [0.4, 0.5) is 5.13 Å². The first-order valence-corrected chi connectivity index (χ1v) is 17.7. The number of methoxy groups -OCH3 is 1. The molecule has 4 aromatic rings. The molecule has 0 bridgehead atoms. The number of aromatic nitrogens is 2. The lowest BCUT2D eigenvalue weighted by molar-refractivity contribution is -0.118. The number of thiazole rings is 1. The number of benzene rings is 2. The van der Waals surface area contributed by atoms with Crippen molar-refractivity contribution in [2.45, 2.75) is 68.3 Å². The third kappa shape index (κ3) is 6.96. The summed E-state index contributed by atoms with van der Waals surface area (Å²) in [6.07, 6.45) is 7.01. The lowest BCUT2D eigenvalue weighted by Gasteiger charge is -2.34. The van der Waals surface area contributed by atoms with E-state index >= 15 is 0 Å². The van der Waals surface area contributed by atoms with Crippen molar-refractivity contribution in [2.75, 3.05) is 25.5 Å². The minimum atomic E-state index is -3.79. The predicted molar refractivity (Wildman–Crippen MR) is 173 cm³/mol. The van der Waals surface area contributed by atoms with Gasteiger partial charge in [0.1, 0.15) is 10.3 Å². The summed E-state index contributed by atoms with van der Waals surface area (Å²) < 4.78 is 35.1. The second-order valence-corrected chi connectivity index (χ2v) is 14.6. The van der Waals surface area contributed by atoms with Crippen molar-refractivity contribution in [1.29, 1.82) is 0 Å². The van der Waals surface area contributed by atoms with Crippen LogP contribution in [0, 0.1) is 5.92 Å². The van der Waals surface area contributed by atoms with Crippen LogP contribution in [0.2, 0.25) is 0 Å². The topological polar surface area (TPSA) is 114 Å². The molecular weight excluding hydrogens is 595 g/mol. The number of carbonyl (C=O) groups excluding carboxylic acids is 1. The zero-order chi connectivity index (χ0) is 30.5. The van der Waals surface area contributed by atoms with Gasteiger partial charge in [0.25, 0.3) is 0 Å². The highest BCUT2D eigenvalue weighted by molar-refractivity contribution is 7.89. The van der Waals surface area contributed by atoms with Crippen molar-refractivity contribution >= 4 is 42.7 Å². The Morgan fingerprint density at radius 3 is 2.50 bits per heavy atom. The molecule has 1 amide bonds. The molecule has 0 spiro atoms. The molecule has 2 aromatic heterocycles. The van der Waals surface area contributed by atoms with Crippen LogP contribution in [0.25, 0.3) is 10.3 Å². The number of ether oxygens (including phenoxy) is 1. The van der Waals surface area contributed by atoms with Crippen molar-refractivity contribution in [3.05, 3.63) is 77.9 Å². The Bertz CT molecular complexity index is 1670. The molecule has 1 aliphatic heterocycles. The van der Waals surface area contributed by atoms with Gasteiger partial charge >= 0.3 is 0 Å². The third-order valence-electron chi connectivity index (χ3n) is 8.78. The molecular formula is C33H39N5O4S2. The van der Waals surface area contributed by atoms with Crippen molar-refractivity contribution in [2.24, 2.45) is 5.92 Å². The van der Waals surface area contributed by atoms with E-state index in [0.717, 1.165) is 43.4 Å². The summed E-state index contributed by atoms with van der Waals surface area (Å²) >= 11 is 1.31. The van der Waals surface area contributed by atoms with Gasteiger partial charge in [-0.05, 0) is 61.1 Å². The molecule has 3 heterocycles. The number of rotatable bonds is 11. The zero-order valence-corrected chi connectivity index (χ0v) is 26.6. The molecule has 232 valence electrons. The summed E-state index contributed by atoms with van der Waals surface area (Å²) in [7, 11) is -2.22. The smallest absolute Gasteiger partial charge is 0.243 e. The molecule has 1 saturated carbocycles. The largest absolute Gasteiger partial charge is 0.481 e. The molecule has 2 N–H and O–H groups in total. The van der Waals surface area contributed by atoms with Crippen LogP contribution in [0.15, 0.2) is 71.6 Å². The number of sulfonamides is 1. The highest BCUT2D eigenvalue weighted by Gasteiger charge is 2.33. The van der Waals surface area contributed by atoms with Crippen LogP contribution in [-0.4, -0.2) is 54.8 Å². The number of hydrogen-bond donors (Lipinski definition) is 2. The Balaban J connectivity index is 1.25. The fourth-order valence-corrected chi connectivity index (χ4v) is 8.87. The van der Waals surface area contributed by atoms with Crippen LogP contribution in [-0.2, 0) is 21.4 Å². The van der Waals surface area contributed by atoms with Gasteiger partial charge in [-0.15, -0.1) is 0 Å². The molecule has 6 rings (SSSR count). The average Bonchev–Trinajstić information content (AvgIpc) is 3.72. The Labute approximate surface area is 263 Å². The zero-order valence-electron chi connectivity index (χ0n) is 24.9. The molecule has 44 heavy (non-hydrogen) atoms. The Hall–Kier alpha value is -3.38. The molecule has 9 nitrogen and oxygen atoms in total. The van der Waals surface area contributed by atoms with Crippen LogP contribution < -0.4 is 15.4 Å². The number of nitrogens with zero attached hydrogens (tertiary/aromatic N) is 3. The lowest BCUT2D eigenvalue weighted by Crippen LogP contribution is -2.48. The second-order valence-electron chi connectivity index (χ2n) is 11.7. The molecule has 2 unspecified atom stereocenters. The van der Waals surface area contributed by atoms with Gasteiger partial charge in [0.15, 0.2) is 5.13 Å². The molecule has 2 aliphatic rings. The van der Waals surface area contributed by atoms with Crippen LogP contribution >= 0.6 is 11.3 Å². The van der Waals surface area contributed by atoms with Crippen LogP contribution in [0.3, 0.4) is 0 Å². The maximum Gasteiger partial charge on any atom is 0.243 e. The van der Waals surface area contributed by atoms with E-state index in [2.05, 4.69) is 20.6 Å². The predicted octanol–water partition coefficient (Wildman–Crippen LogP) is 5.95. The number of hydrogen-bond acceptors (Lipinski definition) is 8. The van der Waals surface area contributed by atoms with Gasteiger partial charge in [0.05, 0.1) is 17.9 Å². The van der Waals surface area contributed by atoms with Gasteiger partial charge in [0.2, 0.25) is 21.8 Å². The fraction of sp³-hybridized carbons (Fsp3) is 0.424. The summed E-state index contributed by atoms with van der Waals surface area (Å²) in [5.41, 5.74) is 2.46. The van der Waals surface area contributed by atoms with E-state index < -0.39 is 15.9 Å². The van der Waals surface area contributed by atoms with E-state index in [0.29, 0.717) is 46.8 Å². The van der Waals surface area contributed by atoms with Crippen LogP contribution in [0.1, 0.15) is 62.0 Å². The van der Waals surface area contributed by atoms with Crippen molar-refractivity contribution in [3.8, 4) is 5.88 Å². The number of carbonyl (C=O) groups is 1. The van der Waals surface area contributed by atoms with E-state index in [1.54, 1.807) is 29.6 Å². The van der Waals surface area contributed by atoms with E-state index in [1.807, 2.05) is 48.5 Å². The number of amides is 1. The van der Waals surface area contributed by atoms with Gasteiger partial charge in [-0.25, -0.2) is 18.4 Å². The van der Waals surface area contributed by atoms with E-state index in [4.69, 9.17) is 4.74 Å². The van der Waals surface area contributed by atoms with Crippen LogP contribution in [0.5, 0.6) is 5.88 Å². The lowest BCUT2D eigenvalue weighted by atomic mass is 9.87. The number of pyridine rings is 1. The van der Waals surface area contributed by atoms with Gasteiger partial charge in [0, 0.05) is 25.2 Å². The molecule has 2 aromatic carbocycles. The summed E-state index contributed by atoms with van der Waals surface area (Å²) in [6.45, 7) is 1.84. The summed E-state index contributed by atoms with van der Waals surface area (Å²) in [4.78, 5) is 23.7. The Kier molecular flexibility index (Phi) is 9.56. The summed E-state index contributed by atoms with van der Waals surface area (Å²) in [6, 6.07) is 20.2. The standard InChI is InChI=1S/C33H39N5O4S2/c1-42-30-18-17-29-32(36-30)43-33(35-29)37-31(39)28(20-23-8-5-6-9-23)25-13-15-27(16-14-25)44(40,41)38(26-12-7-19-34-21-26)22-24-10-3-2-4-11-24/h2-4,10-11,13-18,23,26,28,34H,5-9,12,19-22H2,1H3,(H,35,37,39). The molecule has 1 aliphatic carbocycles. The van der Waals surface area contributed by atoms with E-state index in [-0.39, 0.29) is 16.8 Å². The van der Waals surface area contributed by atoms with Crippen molar-refractivity contribution in [3.63, 3.8) is 0 Å². The van der Waals surface area contributed by atoms with Gasteiger partial charge in [-0.1, -0.05) is 79.5 Å². The molecule has 2 fully saturated rings. The van der Waals surface area contributed by atoms with Gasteiger partial charge in [-0.2, -0.15) is 4.31 Å². The van der Waals surface area contributed by atoms with E-state index in [9.17, 15) is 13.2 Å². The summed E-state index contributed by atoms with van der Waals surface area (Å²) in [5, 5.41) is 6.88. The second kappa shape index (κ2) is 13.7. The quantitative estimate of drug-likeness (QED) is 0.210. The fourth-order valence-electron chi connectivity index (χ4n) is 6.39. The highest BCUT2D eigenvalue weighted by atomic mass is 32.2. The monoisotopic (exact) mass is 633 g/mol. The Morgan fingerprint density at radius 1 is 1.02 bits per heavy atom. The number of nitrogens with one attached hydrogen (secondary N) is 2. The minimum Gasteiger partial charge on any atom is -0.481 e. The first-order valence-electron chi connectivity index (χ1n) is 15.4. The number of anilines is 1. The third-order valence-corrected chi connectivity index (χ3v) is 11.6. The first kappa shape index (κ1) is 30.6. The molecule has 11 heteroatoms. The summed E-state index contributed by atoms with van der Waals surface area (Å²) in [5.74, 6) is 0.385. The first-order chi connectivity index (χ1) is 21.4. The highest BCUT2D eigenvalue weighted by Crippen LogP contribution is 2.36. The molecule has 2 atom stereocenters. The molecule has 1 saturated heterocycles. The maximum atomic E-state index is 14.1. The van der Waals surface area contributed by atoms with Crippen molar-refractivity contribution < 1.29 is 17.9 Å². The average molecular weight is 634 g/mol. The van der Waals surface area contributed by atoms with E-state index in [1.165, 1.54) is 24.2 Å². The number of piperidine rings is 1. The Morgan fingerprint density at radius 2 is 1.80 bits per heavy atom. The van der Waals surface area contributed by atoms with Gasteiger partial charge in [-0.3, -0.25) is 4.79 Å². The normalized spacial score (nSPS) is 18.5.